The molecule has 0 heterocycles. The van der Waals surface area contributed by atoms with Crippen LogP contribution in [0.2, 0.25) is 0 Å². The van der Waals surface area contributed by atoms with Crippen molar-refractivity contribution in [1.29, 1.82) is 0 Å². The fourth-order valence-electron chi connectivity index (χ4n) is 24.5. The van der Waals surface area contributed by atoms with Crippen molar-refractivity contribution in [3.8, 4) is 0 Å². The van der Waals surface area contributed by atoms with E-state index in [0.29, 0.717) is 127 Å². The quantitative estimate of drug-likeness (QED) is 0.0429. The molecule has 8 N–H and O–H groups in total. The van der Waals surface area contributed by atoms with Gasteiger partial charge < -0.3 is 64.5 Å². The zero-order chi connectivity index (χ0) is 84.5. The van der Waals surface area contributed by atoms with Crippen LogP contribution >= 0.6 is 0 Å². The molecule has 20 rings (SSSR count). The molecule has 20 bridgehead atoms. The molecule has 20 aliphatic rings. The summed E-state index contributed by atoms with van der Waals surface area (Å²) in [6, 6.07) is 0. The molecule has 113 heavy (non-hydrogen) atoms. The molecule has 15 unspecified atom stereocenters. The van der Waals surface area contributed by atoms with Crippen molar-refractivity contribution in [2.75, 3.05) is 0 Å². The van der Waals surface area contributed by atoms with Gasteiger partial charge in [0.1, 0.15) is 46.8 Å². The van der Waals surface area contributed by atoms with Gasteiger partial charge in [0, 0.05) is 30.6 Å². The summed E-state index contributed by atoms with van der Waals surface area (Å²) in [7, 11) is 0. The summed E-state index contributed by atoms with van der Waals surface area (Å²) in [4.78, 5) is 61.2. The third kappa shape index (κ3) is 16.2. The fraction of sp³-hybridized carbons (Fsp3) is 0.938. The van der Waals surface area contributed by atoms with Crippen LogP contribution in [0.25, 0.3) is 0 Å². The Labute approximate surface area is 648 Å². The van der Waals surface area contributed by atoms with Crippen molar-refractivity contribution in [2.45, 2.75) is 368 Å². The number of aliphatic hydroxyl groups is 8. The maximum absolute atomic E-state index is 13.2. The first-order valence-electron chi connectivity index (χ1n) is 40.6. The van der Waals surface area contributed by atoms with Gasteiger partial charge in [-0.3, -0.25) is 24.0 Å². The molecule has 0 spiro atoms. The Morgan fingerprint density at radius 1 is 0.274 bits per heavy atom. The smallest absolute Gasteiger partial charge is 0.404 e. The summed E-state index contributed by atoms with van der Waals surface area (Å²) in [6.07, 6.45) is -15.6. The van der Waals surface area contributed by atoms with E-state index >= 15 is 0 Å². The van der Waals surface area contributed by atoms with Crippen molar-refractivity contribution < 1.29 is 154 Å². The van der Waals surface area contributed by atoms with E-state index in [0.717, 1.165) is 79.6 Å². The first kappa shape index (κ1) is 89.8. The molecule has 18 nitrogen and oxygen atoms in total. The maximum Gasteiger partial charge on any atom is 0.404 e. The van der Waals surface area contributed by atoms with Crippen molar-refractivity contribution in [1.82, 2.24) is 0 Å². The summed E-state index contributed by atoms with van der Waals surface area (Å²) >= 11 is 0. The molecule has 0 aromatic carbocycles. The number of rotatable bonds is 15. The summed E-state index contributed by atoms with van der Waals surface area (Å²) < 4.78 is 225. The lowest BCUT2D eigenvalue weighted by molar-refractivity contribution is -0.290. The van der Waals surface area contributed by atoms with Crippen molar-refractivity contribution >= 4 is 29.8 Å². The lowest BCUT2D eigenvalue weighted by atomic mass is 9.51. The highest BCUT2D eigenvalue weighted by molar-refractivity contribution is 5.80. The Hall–Kier alpha value is -4.02. The molecule has 0 saturated heterocycles. The lowest BCUT2D eigenvalue weighted by Crippen LogP contribution is -2.70. The summed E-state index contributed by atoms with van der Waals surface area (Å²) in [5.74, 6) is -5.46. The number of esters is 5. The number of halogens is 15. The molecule has 0 aromatic heterocycles. The number of hydrogen-bond donors (Lipinski definition) is 8. The van der Waals surface area contributed by atoms with E-state index in [9.17, 15) is 131 Å². The number of carbonyl (C=O) groups excluding carboxylic acids is 5. The maximum atomic E-state index is 13.2. The normalized spacial score (nSPS) is 44.2. The second-order valence-electron chi connectivity index (χ2n) is 39.4. The number of ether oxygens (including phenoxy) is 5. The Bertz CT molecular complexity index is 3430. The average molecular weight is 1650 g/mol. The molecular formula is C80H115F15O18. The van der Waals surface area contributed by atoms with E-state index in [4.69, 9.17) is 23.7 Å². The summed E-state index contributed by atoms with van der Waals surface area (Å²) in [5.41, 5.74) is -21.6. The number of carbonyl (C=O) groups is 5. The van der Waals surface area contributed by atoms with Crippen LogP contribution < -0.4 is 0 Å². The molecule has 648 valence electrons. The van der Waals surface area contributed by atoms with Gasteiger partial charge in [-0.2, -0.15) is 65.9 Å². The molecule has 0 aliphatic heterocycles. The predicted molar refractivity (Wildman–Crippen MR) is 369 cm³/mol. The molecule has 20 saturated carbocycles. The van der Waals surface area contributed by atoms with Gasteiger partial charge in [-0.1, -0.05) is 34.6 Å². The zero-order valence-corrected chi connectivity index (χ0v) is 65.9. The second-order valence-corrected chi connectivity index (χ2v) is 39.4. The molecule has 0 aromatic rings. The highest BCUT2D eigenvalue weighted by atomic mass is 19.4. The topological polar surface area (TPSA) is 293 Å². The van der Waals surface area contributed by atoms with Gasteiger partial charge >= 0.3 is 60.7 Å². The van der Waals surface area contributed by atoms with E-state index in [1.807, 2.05) is 0 Å². The summed E-state index contributed by atoms with van der Waals surface area (Å²) in [6.45, 7) is 10.9. The van der Waals surface area contributed by atoms with Crippen LogP contribution in [0.4, 0.5) is 65.9 Å². The minimum Gasteiger partial charge on any atom is -0.461 e. The Kier molecular flexibility index (Phi) is 23.4. The van der Waals surface area contributed by atoms with E-state index in [2.05, 4.69) is 0 Å². The zero-order valence-electron chi connectivity index (χ0n) is 65.9. The van der Waals surface area contributed by atoms with Crippen molar-refractivity contribution in [3.05, 3.63) is 0 Å². The minimum absolute atomic E-state index is 0.00883. The molecule has 15 atom stereocenters. The van der Waals surface area contributed by atoms with Gasteiger partial charge in [-0.05, 0) is 268 Å². The van der Waals surface area contributed by atoms with Gasteiger partial charge in [0.25, 0.3) is 0 Å². The molecule has 20 aliphatic carbocycles. The third-order valence-electron chi connectivity index (χ3n) is 31.0. The lowest BCUT2D eigenvalue weighted by Gasteiger charge is -2.61. The highest BCUT2D eigenvalue weighted by Crippen LogP contribution is 2.65. The fourth-order valence-corrected chi connectivity index (χ4v) is 24.5. The molecular weight excluding hydrogens is 1530 g/mol. The Morgan fingerprint density at radius 2 is 0.522 bits per heavy atom. The van der Waals surface area contributed by atoms with Crippen LogP contribution in [-0.2, 0) is 47.7 Å². The molecule has 33 heteroatoms. The standard InChI is InChI=1S/3C16H23F3O4.2C16H23F3O3/c1-3-13(2,16(17,18)19)12(20)23-11-9-4-14(21)6-10(11)7-15(22,5-9)8-14;1-3-13(2,16(17,18)19)12(20)23-11-10-4-9-5-14(21,7-10)8-15(11,22)6-9;1-3-13(2,16(17,18)19)12(20)23-11-14(21)5-9-4-10(7-14)8-15(11,22)6-9;1-3-14(2,16(17,18)19)13(20)22-12-11-5-9-4-10(6-11)8-15(12,21)7-9;1-3-14(2,16(17,18)19)13(20)22-12-10-4-9-5-11(12)8-15(21,6-9)7-10/h3*9-11,21-22H,3-8H2,1-2H3;2*9-12,21H,3-8H2,1-2H3. The van der Waals surface area contributed by atoms with Gasteiger partial charge in [0.05, 0.1) is 22.4 Å². The van der Waals surface area contributed by atoms with E-state index in [-0.39, 0.29) is 78.9 Å². The monoisotopic (exact) mass is 1650 g/mol. The Morgan fingerprint density at radius 3 is 0.850 bits per heavy atom. The van der Waals surface area contributed by atoms with E-state index in [1.54, 1.807) is 0 Å². The molecule has 20 fully saturated rings. The van der Waals surface area contributed by atoms with Crippen LogP contribution in [0.1, 0.15) is 262 Å². The van der Waals surface area contributed by atoms with Crippen LogP contribution in [-0.4, -0.2) is 177 Å². The van der Waals surface area contributed by atoms with Gasteiger partial charge in [-0.15, -0.1) is 0 Å². The van der Waals surface area contributed by atoms with Crippen molar-refractivity contribution in [2.24, 2.45) is 98.1 Å². The second kappa shape index (κ2) is 29.4. The van der Waals surface area contributed by atoms with Crippen LogP contribution in [0.15, 0.2) is 0 Å². The van der Waals surface area contributed by atoms with Gasteiger partial charge in [0.15, 0.2) is 33.2 Å². The van der Waals surface area contributed by atoms with Crippen molar-refractivity contribution in [3.63, 3.8) is 0 Å². The largest absolute Gasteiger partial charge is 0.461 e. The van der Waals surface area contributed by atoms with Crippen LogP contribution in [0.3, 0.4) is 0 Å². The summed E-state index contributed by atoms with van der Waals surface area (Å²) in [5, 5.41) is 85.1. The SMILES string of the molecule is CCC(C)(C(=O)OC1C2(O)CC3CC(C2)CC1(O)C3)C(F)(F)F.CCC(C)(C(=O)OC1C2CC3(O)CC1CC(O)(C2)C3)C(F)(F)F.CCC(C)(C(=O)OC1C2CC3CC(C2)CC1(O)C3)C(F)(F)F.CCC(C)(C(=O)OC1C2CC3CC(O)(C2)CC1(O)C3)C(F)(F)F.CCC(C)(C(=O)OC1C2CC3CC1CC(O)(C3)C2)C(F)(F)F. The molecule has 0 radical (unpaired) electrons. The number of hydrogen-bond acceptors (Lipinski definition) is 18. The van der Waals surface area contributed by atoms with E-state index in [1.165, 1.54) is 34.6 Å². The average Bonchev–Trinajstić information content (AvgIpc) is 0.810. The molecule has 0 amide bonds. The third-order valence-corrected chi connectivity index (χ3v) is 31.0. The van der Waals surface area contributed by atoms with Crippen LogP contribution in [0.5, 0.6) is 0 Å². The number of alkyl halides is 15. The van der Waals surface area contributed by atoms with E-state index < -0.39 is 176 Å². The van der Waals surface area contributed by atoms with Gasteiger partial charge in [0.2, 0.25) is 0 Å². The Balaban J connectivity index is 0.000000139. The van der Waals surface area contributed by atoms with Gasteiger partial charge in [-0.25, -0.2) is 0 Å². The van der Waals surface area contributed by atoms with Crippen LogP contribution in [0, 0.1) is 98.1 Å². The first-order valence-corrected chi connectivity index (χ1v) is 40.6. The predicted octanol–water partition coefficient (Wildman–Crippen LogP) is 14.6. The minimum atomic E-state index is -4.74. The first-order chi connectivity index (χ1) is 51.4. The highest BCUT2D eigenvalue weighted by Gasteiger charge is 2.71.